The highest BCUT2D eigenvalue weighted by Gasteiger charge is 2.34. The standard InChI is InChI=1S/C13H14F3N3O3S/c1-12(2,3)8(9-18-11(21)22-19-9)17-10(20)7-4-6(5-23-7)13(14,15)16/h4-5,8H,1-3H3,(H,17,20)(H,18,19,21). The summed E-state index contributed by atoms with van der Waals surface area (Å²) >= 11 is 0.690. The number of carbonyl (C=O) groups is 1. The van der Waals surface area contributed by atoms with Crippen LogP contribution in [-0.4, -0.2) is 16.0 Å². The van der Waals surface area contributed by atoms with Gasteiger partial charge in [-0.05, 0) is 11.5 Å². The number of rotatable bonds is 3. The summed E-state index contributed by atoms with van der Waals surface area (Å²) in [6, 6.07) is 0.0449. The van der Waals surface area contributed by atoms with Crippen molar-refractivity contribution < 1.29 is 22.5 Å². The van der Waals surface area contributed by atoms with E-state index < -0.39 is 34.9 Å². The molecule has 0 spiro atoms. The van der Waals surface area contributed by atoms with Crippen LogP contribution in [0.3, 0.4) is 0 Å². The molecule has 0 saturated heterocycles. The summed E-state index contributed by atoms with van der Waals surface area (Å²) in [6.45, 7) is 5.33. The summed E-state index contributed by atoms with van der Waals surface area (Å²) in [6.07, 6.45) is -4.50. The molecular formula is C13H14F3N3O3S. The molecule has 23 heavy (non-hydrogen) atoms. The Labute approximate surface area is 132 Å². The minimum atomic E-state index is -4.50. The largest absolute Gasteiger partial charge is 0.438 e. The monoisotopic (exact) mass is 349 g/mol. The number of halogens is 3. The number of alkyl halides is 3. The van der Waals surface area contributed by atoms with Gasteiger partial charge in [-0.25, -0.2) is 4.79 Å². The first kappa shape index (κ1) is 17.3. The van der Waals surface area contributed by atoms with Gasteiger partial charge in [0.2, 0.25) is 0 Å². The number of hydrogen-bond donors (Lipinski definition) is 2. The number of hydrogen-bond acceptors (Lipinski definition) is 5. The second-order valence-corrected chi connectivity index (χ2v) is 6.86. The molecule has 2 aromatic rings. The van der Waals surface area contributed by atoms with Gasteiger partial charge in [-0.3, -0.25) is 14.3 Å². The summed E-state index contributed by atoms with van der Waals surface area (Å²) in [5.41, 5.74) is -1.44. The van der Waals surface area contributed by atoms with Crippen molar-refractivity contribution in [3.05, 3.63) is 38.3 Å². The average molecular weight is 349 g/mol. The Morgan fingerprint density at radius 3 is 2.48 bits per heavy atom. The Morgan fingerprint density at radius 1 is 1.39 bits per heavy atom. The SMILES string of the molecule is CC(C)(C)C(NC(=O)c1cc(C(F)(F)F)cs1)c1noc(=O)[nH]1. The number of H-pyrrole nitrogens is 1. The van der Waals surface area contributed by atoms with Crippen molar-refractivity contribution in [3.8, 4) is 0 Å². The highest BCUT2D eigenvalue weighted by Crippen LogP contribution is 2.34. The molecule has 1 unspecified atom stereocenters. The first-order valence-corrected chi connectivity index (χ1v) is 7.39. The smallest absolute Gasteiger partial charge is 0.341 e. The van der Waals surface area contributed by atoms with Crippen molar-refractivity contribution in [1.82, 2.24) is 15.5 Å². The lowest BCUT2D eigenvalue weighted by Gasteiger charge is -2.28. The van der Waals surface area contributed by atoms with Gasteiger partial charge in [0, 0.05) is 5.38 Å². The maximum absolute atomic E-state index is 12.6. The van der Waals surface area contributed by atoms with Crippen LogP contribution in [0, 0.1) is 5.41 Å². The van der Waals surface area contributed by atoms with Crippen molar-refractivity contribution in [3.63, 3.8) is 0 Å². The summed E-state index contributed by atoms with van der Waals surface area (Å²) in [7, 11) is 0. The van der Waals surface area contributed by atoms with Gasteiger partial charge in [0.25, 0.3) is 5.91 Å². The minimum Gasteiger partial charge on any atom is -0.341 e. The fourth-order valence-electron chi connectivity index (χ4n) is 1.87. The molecule has 0 fully saturated rings. The molecule has 2 rings (SSSR count). The molecule has 0 aliphatic rings. The molecule has 0 aliphatic carbocycles. The lowest BCUT2D eigenvalue weighted by atomic mass is 9.86. The van der Waals surface area contributed by atoms with Gasteiger partial charge in [-0.2, -0.15) is 13.2 Å². The maximum atomic E-state index is 12.6. The quantitative estimate of drug-likeness (QED) is 0.892. The van der Waals surface area contributed by atoms with Gasteiger partial charge in [0.05, 0.1) is 16.5 Å². The molecule has 126 valence electrons. The third-order valence-electron chi connectivity index (χ3n) is 3.02. The van der Waals surface area contributed by atoms with Gasteiger partial charge in [-0.15, -0.1) is 11.3 Å². The van der Waals surface area contributed by atoms with E-state index in [-0.39, 0.29) is 10.7 Å². The zero-order chi connectivity index (χ0) is 17.4. The zero-order valence-corrected chi connectivity index (χ0v) is 13.3. The molecule has 0 radical (unpaired) electrons. The molecule has 6 nitrogen and oxygen atoms in total. The topological polar surface area (TPSA) is 88.0 Å². The fraction of sp³-hybridized carbons (Fsp3) is 0.462. The number of carbonyl (C=O) groups excluding carboxylic acids is 1. The van der Waals surface area contributed by atoms with Crippen LogP contribution in [0.2, 0.25) is 0 Å². The Bertz CT molecular complexity index is 755. The molecule has 0 bridgehead atoms. The van der Waals surface area contributed by atoms with Crippen LogP contribution >= 0.6 is 11.3 Å². The third kappa shape index (κ3) is 4.01. The van der Waals surface area contributed by atoms with Crippen LogP contribution in [0.25, 0.3) is 0 Å². The molecule has 2 aromatic heterocycles. The average Bonchev–Trinajstić information content (AvgIpc) is 3.02. The van der Waals surface area contributed by atoms with Crippen LogP contribution in [0.15, 0.2) is 20.8 Å². The van der Waals surface area contributed by atoms with Crippen molar-refractivity contribution >= 4 is 17.2 Å². The molecule has 0 aliphatic heterocycles. The number of aromatic nitrogens is 2. The second-order valence-electron chi connectivity index (χ2n) is 5.95. The first-order valence-electron chi connectivity index (χ1n) is 6.51. The molecule has 2 N–H and O–H groups in total. The van der Waals surface area contributed by atoms with E-state index >= 15 is 0 Å². The minimum absolute atomic E-state index is 0.0857. The predicted octanol–water partition coefficient (Wildman–Crippen LogP) is 2.96. The van der Waals surface area contributed by atoms with Crippen LogP contribution < -0.4 is 11.1 Å². The lowest BCUT2D eigenvalue weighted by molar-refractivity contribution is -0.137. The zero-order valence-electron chi connectivity index (χ0n) is 12.4. The summed E-state index contributed by atoms with van der Waals surface area (Å²) < 4.78 is 42.2. The molecular weight excluding hydrogens is 335 g/mol. The number of nitrogens with one attached hydrogen (secondary N) is 2. The van der Waals surface area contributed by atoms with Gasteiger partial charge in [-0.1, -0.05) is 25.9 Å². The molecule has 10 heteroatoms. The Kier molecular flexibility index (Phi) is 4.38. The van der Waals surface area contributed by atoms with Crippen molar-refractivity contribution in [1.29, 1.82) is 0 Å². The van der Waals surface area contributed by atoms with Gasteiger partial charge in [0.1, 0.15) is 0 Å². The van der Waals surface area contributed by atoms with E-state index in [1.54, 1.807) is 20.8 Å². The van der Waals surface area contributed by atoms with E-state index in [4.69, 9.17) is 0 Å². The van der Waals surface area contributed by atoms with Crippen molar-refractivity contribution in [2.24, 2.45) is 5.41 Å². The van der Waals surface area contributed by atoms with E-state index in [9.17, 15) is 22.8 Å². The molecule has 1 amide bonds. The number of thiophene rings is 1. The van der Waals surface area contributed by atoms with Crippen LogP contribution in [0.1, 0.15) is 47.9 Å². The molecule has 2 heterocycles. The highest BCUT2D eigenvalue weighted by molar-refractivity contribution is 7.12. The van der Waals surface area contributed by atoms with Gasteiger partial charge in [0.15, 0.2) is 5.82 Å². The fourth-order valence-corrected chi connectivity index (χ4v) is 2.68. The van der Waals surface area contributed by atoms with Crippen molar-refractivity contribution in [2.75, 3.05) is 0 Å². The Hall–Kier alpha value is -2.10. The molecule has 0 saturated carbocycles. The summed E-state index contributed by atoms with van der Waals surface area (Å²) in [4.78, 5) is 25.5. The maximum Gasteiger partial charge on any atom is 0.438 e. The van der Waals surface area contributed by atoms with E-state index in [1.807, 2.05) is 0 Å². The van der Waals surface area contributed by atoms with E-state index in [1.165, 1.54) is 0 Å². The number of nitrogens with zero attached hydrogens (tertiary/aromatic N) is 1. The lowest BCUT2D eigenvalue weighted by Crippen LogP contribution is -2.37. The van der Waals surface area contributed by atoms with Crippen LogP contribution in [0.4, 0.5) is 13.2 Å². The number of amides is 1. The van der Waals surface area contributed by atoms with Crippen molar-refractivity contribution in [2.45, 2.75) is 33.0 Å². The second kappa shape index (κ2) is 5.84. The summed E-state index contributed by atoms with van der Waals surface area (Å²) in [5, 5.41) is 6.99. The van der Waals surface area contributed by atoms with Crippen LogP contribution in [0.5, 0.6) is 0 Å². The van der Waals surface area contributed by atoms with Gasteiger partial charge < -0.3 is 5.32 Å². The normalized spacial score (nSPS) is 13.8. The molecule has 1 atom stereocenters. The third-order valence-corrected chi connectivity index (χ3v) is 3.95. The Balaban J connectivity index is 2.25. The Morgan fingerprint density at radius 2 is 2.04 bits per heavy atom. The van der Waals surface area contributed by atoms with E-state index in [2.05, 4.69) is 20.0 Å². The highest BCUT2D eigenvalue weighted by atomic mass is 32.1. The summed E-state index contributed by atoms with van der Waals surface area (Å²) in [5.74, 6) is -1.36. The van der Waals surface area contributed by atoms with E-state index in [0.717, 1.165) is 11.4 Å². The number of aromatic amines is 1. The van der Waals surface area contributed by atoms with E-state index in [0.29, 0.717) is 11.3 Å². The first-order chi connectivity index (χ1) is 10.5. The molecule has 0 aromatic carbocycles. The van der Waals surface area contributed by atoms with Crippen LogP contribution in [-0.2, 0) is 6.18 Å². The van der Waals surface area contributed by atoms with Gasteiger partial charge >= 0.3 is 11.9 Å². The predicted molar refractivity (Wildman–Crippen MR) is 76.1 cm³/mol.